The number of hydrogen-bond donors (Lipinski definition) is 2. The topological polar surface area (TPSA) is 108 Å². The molecule has 1 aliphatic rings. The Morgan fingerprint density at radius 2 is 1.65 bits per heavy atom. The summed E-state index contributed by atoms with van der Waals surface area (Å²) in [5.41, 5.74) is 6.58. The van der Waals surface area contributed by atoms with Crippen LogP contribution in [0.25, 0.3) is 0 Å². The molecule has 0 heterocycles. The van der Waals surface area contributed by atoms with E-state index in [-0.39, 0.29) is 16.2 Å². The van der Waals surface area contributed by atoms with Crippen molar-refractivity contribution in [3.05, 3.63) is 114 Å². The number of primary amides is 1. The number of alkyl halides is 4. The van der Waals surface area contributed by atoms with Crippen molar-refractivity contribution in [1.82, 2.24) is 4.72 Å². The van der Waals surface area contributed by atoms with Crippen LogP contribution in [0.4, 0.5) is 17.6 Å². The van der Waals surface area contributed by atoms with Gasteiger partial charge in [0.05, 0.1) is 16.7 Å². The Balaban J connectivity index is 1.76. The van der Waals surface area contributed by atoms with Crippen LogP contribution in [-0.4, -0.2) is 33.6 Å². The molecule has 210 valence electrons. The molecule has 3 aromatic carbocycles. The Bertz CT molecular complexity index is 1540. The molecule has 0 aliphatic heterocycles. The van der Waals surface area contributed by atoms with Crippen molar-refractivity contribution >= 4 is 15.9 Å². The molecule has 7 nitrogen and oxygen atoms in total. The van der Waals surface area contributed by atoms with Crippen molar-refractivity contribution in [2.75, 3.05) is 7.05 Å². The first kappa shape index (κ1) is 28.8. The molecule has 3 aromatic rings. The van der Waals surface area contributed by atoms with E-state index in [2.05, 4.69) is 9.46 Å². The summed E-state index contributed by atoms with van der Waals surface area (Å²) in [6.07, 6.45) is -0.933. The number of benzene rings is 3. The second-order valence-electron chi connectivity index (χ2n) is 8.83. The molecule has 3 N–H and O–H groups in total. The first-order valence-corrected chi connectivity index (χ1v) is 13.3. The van der Waals surface area contributed by atoms with Crippen molar-refractivity contribution in [3.63, 3.8) is 0 Å². The zero-order valence-electron chi connectivity index (χ0n) is 20.9. The number of sulfonamides is 1. The third-order valence-corrected chi connectivity index (χ3v) is 7.58. The van der Waals surface area contributed by atoms with Crippen LogP contribution in [0, 0.1) is 0 Å². The van der Waals surface area contributed by atoms with E-state index < -0.39 is 45.7 Å². The summed E-state index contributed by atoms with van der Waals surface area (Å²) in [7, 11) is -2.50. The SMILES string of the molecule is CNS(=O)(=O)c1ccc(C(C(N)=O)C2=CC(F)(Oc3cccc(OC(F)(F)F)c3)C(c3ccccc3)C=C2)cc1. The fourth-order valence-electron chi connectivity index (χ4n) is 4.37. The number of nitrogens with two attached hydrogens (primary N) is 1. The fourth-order valence-corrected chi connectivity index (χ4v) is 5.10. The van der Waals surface area contributed by atoms with E-state index in [1.807, 2.05) is 0 Å². The molecule has 40 heavy (non-hydrogen) atoms. The van der Waals surface area contributed by atoms with Gasteiger partial charge in [0.2, 0.25) is 15.9 Å². The van der Waals surface area contributed by atoms with Gasteiger partial charge in [0.1, 0.15) is 11.5 Å². The number of nitrogens with one attached hydrogen (secondary N) is 1. The quantitative estimate of drug-likeness (QED) is 0.345. The van der Waals surface area contributed by atoms with E-state index >= 15 is 4.39 Å². The molecular formula is C28H24F4N2O5S. The summed E-state index contributed by atoms with van der Waals surface area (Å²) in [4.78, 5) is 12.5. The second kappa shape index (κ2) is 11.1. The van der Waals surface area contributed by atoms with Crippen molar-refractivity contribution in [2.24, 2.45) is 5.73 Å². The Labute approximate surface area is 228 Å². The summed E-state index contributed by atoms with van der Waals surface area (Å²) in [5.74, 6) is -6.63. The van der Waals surface area contributed by atoms with Crippen molar-refractivity contribution < 1.29 is 40.2 Å². The van der Waals surface area contributed by atoms with Crippen LogP contribution in [0.5, 0.6) is 11.5 Å². The number of ether oxygens (including phenoxy) is 2. The van der Waals surface area contributed by atoms with Gasteiger partial charge in [-0.05, 0) is 54.1 Å². The minimum Gasteiger partial charge on any atom is -0.453 e. The minimum atomic E-state index is -4.96. The maximum absolute atomic E-state index is 16.9. The zero-order valence-corrected chi connectivity index (χ0v) is 21.7. The molecule has 1 amide bonds. The third kappa shape index (κ3) is 6.52. The lowest BCUT2D eigenvalue weighted by atomic mass is 9.80. The lowest BCUT2D eigenvalue weighted by molar-refractivity contribution is -0.274. The van der Waals surface area contributed by atoms with Gasteiger partial charge in [-0.15, -0.1) is 13.2 Å². The van der Waals surface area contributed by atoms with E-state index in [9.17, 15) is 26.4 Å². The number of carbonyl (C=O) groups is 1. The molecule has 0 bridgehead atoms. The van der Waals surface area contributed by atoms with Crippen LogP contribution in [0.15, 0.2) is 108 Å². The second-order valence-corrected chi connectivity index (χ2v) is 10.7. The standard InChI is InChI=1S/C28H24F4N2O5S/c1-34-40(36,37)23-13-10-19(11-14-23)25(26(33)35)20-12-15-24(18-6-3-2-4-7-18)27(29,17-20)38-21-8-5-9-22(16-21)39-28(30,31)32/h2-17,24-25,34H,1H3,(H2,33,35). The van der Waals surface area contributed by atoms with Crippen molar-refractivity contribution in [2.45, 2.75) is 28.9 Å². The Morgan fingerprint density at radius 3 is 2.25 bits per heavy atom. The number of allylic oxidation sites excluding steroid dienone is 1. The predicted octanol–water partition coefficient (Wildman–Crippen LogP) is 5.09. The number of hydrogen-bond acceptors (Lipinski definition) is 5. The van der Waals surface area contributed by atoms with Gasteiger partial charge in [0, 0.05) is 6.07 Å². The molecule has 3 atom stereocenters. The predicted molar refractivity (Wildman–Crippen MR) is 139 cm³/mol. The van der Waals surface area contributed by atoms with Crippen LogP contribution in [0.2, 0.25) is 0 Å². The zero-order chi connectivity index (χ0) is 29.1. The van der Waals surface area contributed by atoms with Crippen LogP contribution in [-0.2, 0) is 14.8 Å². The summed E-state index contributed by atoms with van der Waals surface area (Å²) in [6, 6.07) is 18.2. The monoisotopic (exact) mass is 576 g/mol. The summed E-state index contributed by atoms with van der Waals surface area (Å²) in [6.45, 7) is 0. The fraction of sp³-hybridized carbons (Fsp3) is 0.179. The molecule has 0 fully saturated rings. The highest BCUT2D eigenvalue weighted by Crippen LogP contribution is 2.43. The van der Waals surface area contributed by atoms with Crippen molar-refractivity contribution in [1.29, 1.82) is 0 Å². The number of rotatable bonds is 9. The smallest absolute Gasteiger partial charge is 0.453 e. The van der Waals surface area contributed by atoms with Gasteiger partial charge in [0.25, 0.3) is 5.85 Å². The number of halogens is 4. The van der Waals surface area contributed by atoms with E-state index in [0.717, 1.165) is 18.2 Å². The van der Waals surface area contributed by atoms with Gasteiger partial charge in [-0.2, -0.15) is 4.39 Å². The maximum atomic E-state index is 16.9. The van der Waals surface area contributed by atoms with Gasteiger partial charge < -0.3 is 15.2 Å². The number of carbonyl (C=O) groups excluding carboxylic acids is 1. The van der Waals surface area contributed by atoms with E-state index in [0.29, 0.717) is 11.1 Å². The molecule has 0 saturated carbocycles. The van der Waals surface area contributed by atoms with Gasteiger partial charge in [-0.1, -0.05) is 60.7 Å². The molecule has 3 unspecified atom stereocenters. The van der Waals surface area contributed by atoms with Crippen molar-refractivity contribution in [3.8, 4) is 11.5 Å². The van der Waals surface area contributed by atoms with Crippen LogP contribution in [0.3, 0.4) is 0 Å². The summed E-state index contributed by atoms with van der Waals surface area (Å²) >= 11 is 0. The lowest BCUT2D eigenvalue weighted by Gasteiger charge is -2.34. The van der Waals surface area contributed by atoms with E-state index in [4.69, 9.17) is 10.5 Å². The average molecular weight is 577 g/mol. The highest BCUT2D eigenvalue weighted by molar-refractivity contribution is 7.89. The summed E-state index contributed by atoms with van der Waals surface area (Å²) in [5, 5.41) is 0. The van der Waals surface area contributed by atoms with Gasteiger partial charge in [0.15, 0.2) is 0 Å². The molecular weight excluding hydrogens is 552 g/mol. The normalized spacial score (nSPS) is 19.9. The minimum absolute atomic E-state index is 0.0524. The molecule has 4 rings (SSSR count). The first-order valence-electron chi connectivity index (χ1n) is 11.8. The summed E-state index contributed by atoms with van der Waals surface area (Å²) < 4.78 is 91.0. The average Bonchev–Trinajstić information content (AvgIpc) is 2.88. The molecule has 0 saturated heterocycles. The van der Waals surface area contributed by atoms with Crippen LogP contribution >= 0.6 is 0 Å². The first-order chi connectivity index (χ1) is 18.8. The molecule has 1 aliphatic carbocycles. The Hall–Kier alpha value is -4.16. The highest BCUT2D eigenvalue weighted by atomic mass is 32.2. The molecule has 12 heteroatoms. The van der Waals surface area contributed by atoms with Gasteiger partial charge in [-0.25, -0.2) is 13.1 Å². The highest BCUT2D eigenvalue weighted by Gasteiger charge is 2.43. The van der Waals surface area contributed by atoms with Gasteiger partial charge in [-0.3, -0.25) is 4.79 Å². The Morgan fingerprint density at radius 1 is 1.00 bits per heavy atom. The Kier molecular flexibility index (Phi) is 8.03. The lowest BCUT2D eigenvalue weighted by Crippen LogP contribution is -2.38. The maximum Gasteiger partial charge on any atom is 0.573 e. The molecule has 0 radical (unpaired) electrons. The molecule has 0 aromatic heterocycles. The number of amides is 1. The van der Waals surface area contributed by atoms with Crippen LogP contribution in [0.1, 0.15) is 23.0 Å². The van der Waals surface area contributed by atoms with E-state index in [1.165, 1.54) is 55.6 Å². The largest absolute Gasteiger partial charge is 0.573 e. The van der Waals surface area contributed by atoms with E-state index in [1.54, 1.807) is 30.3 Å². The van der Waals surface area contributed by atoms with Crippen LogP contribution < -0.4 is 19.9 Å². The van der Waals surface area contributed by atoms with Gasteiger partial charge >= 0.3 is 6.36 Å². The third-order valence-electron chi connectivity index (χ3n) is 6.15. The molecule has 0 spiro atoms.